The van der Waals surface area contributed by atoms with Gasteiger partial charge in [-0.3, -0.25) is 4.90 Å². The van der Waals surface area contributed by atoms with Gasteiger partial charge in [0.15, 0.2) is 0 Å². The zero-order valence-electron chi connectivity index (χ0n) is 16.1. The lowest BCUT2D eigenvalue weighted by atomic mass is 10.0. The van der Waals surface area contributed by atoms with Crippen LogP contribution in [-0.4, -0.2) is 61.1 Å². The predicted molar refractivity (Wildman–Crippen MR) is 106 cm³/mol. The summed E-state index contributed by atoms with van der Waals surface area (Å²) >= 11 is 0. The molecular formula is C21H34N4O. The summed E-state index contributed by atoms with van der Waals surface area (Å²) in [5.74, 6) is 0.790. The molecule has 2 aliphatic heterocycles. The molecule has 0 aliphatic carbocycles. The Kier molecular flexibility index (Phi) is 7.32. The molecule has 0 spiro atoms. The minimum Gasteiger partial charge on any atom is -0.337 e. The number of amides is 2. The van der Waals surface area contributed by atoms with Crippen LogP contribution in [0.4, 0.5) is 4.79 Å². The van der Waals surface area contributed by atoms with Gasteiger partial charge in [-0.05, 0) is 43.7 Å². The van der Waals surface area contributed by atoms with Gasteiger partial charge >= 0.3 is 6.03 Å². The van der Waals surface area contributed by atoms with Crippen LogP contribution in [0.2, 0.25) is 0 Å². The van der Waals surface area contributed by atoms with E-state index in [9.17, 15) is 4.79 Å². The molecule has 2 heterocycles. The molecule has 144 valence electrons. The molecule has 0 radical (unpaired) electrons. The first-order valence-corrected chi connectivity index (χ1v) is 10.2. The number of piperidine rings is 2. The normalized spacial score (nSPS) is 22.9. The highest BCUT2D eigenvalue weighted by molar-refractivity contribution is 5.74. The van der Waals surface area contributed by atoms with Crippen LogP contribution in [0.5, 0.6) is 0 Å². The van der Waals surface area contributed by atoms with Crippen LogP contribution in [0.15, 0.2) is 30.3 Å². The molecule has 1 aromatic rings. The van der Waals surface area contributed by atoms with Gasteiger partial charge in [0, 0.05) is 45.3 Å². The Balaban J connectivity index is 1.28. The van der Waals surface area contributed by atoms with Crippen molar-refractivity contribution >= 4 is 6.03 Å². The van der Waals surface area contributed by atoms with Gasteiger partial charge in [-0.15, -0.1) is 0 Å². The fraction of sp³-hybridized carbons (Fsp3) is 0.667. The van der Waals surface area contributed by atoms with Gasteiger partial charge < -0.3 is 15.5 Å². The number of rotatable bonds is 6. The van der Waals surface area contributed by atoms with E-state index in [4.69, 9.17) is 0 Å². The maximum absolute atomic E-state index is 12.1. The molecule has 0 saturated carbocycles. The number of nitrogens with one attached hydrogen (secondary N) is 2. The van der Waals surface area contributed by atoms with Gasteiger partial charge in [0.05, 0.1) is 0 Å². The maximum atomic E-state index is 12.1. The number of carbonyl (C=O) groups excluding carboxylic acids is 1. The predicted octanol–water partition coefficient (Wildman–Crippen LogP) is 2.68. The average Bonchev–Trinajstić information content (AvgIpc) is 2.64. The SMILES string of the molecule is CC1CCCN(CCNC(=O)NC2CCN(Cc3ccccc3)CC2)C1. The van der Waals surface area contributed by atoms with Crippen molar-refractivity contribution in [3.8, 4) is 0 Å². The summed E-state index contributed by atoms with van der Waals surface area (Å²) in [7, 11) is 0. The highest BCUT2D eigenvalue weighted by Crippen LogP contribution is 2.15. The summed E-state index contributed by atoms with van der Waals surface area (Å²) in [6, 6.07) is 10.9. The summed E-state index contributed by atoms with van der Waals surface area (Å²) in [6.45, 7) is 9.47. The van der Waals surface area contributed by atoms with E-state index in [1.54, 1.807) is 0 Å². The molecule has 5 heteroatoms. The number of hydrogen-bond acceptors (Lipinski definition) is 3. The van der Waals surface area contributed by atoms with Gasteiger partial charge in [0.2, 0.25) is 0 Å². The van der Waals surface area contributed by atoms with Crippen molar-refractivity contribution in [2.45, 2.75) is 45.2 Å². The highest BCUT2D eigenvalue weighted by atomic mass is 16.2. The molecule has 2 fully saturated rings. The standard InChI is InChI=1S/C21H34N4O/c1-18-6-5-12-24(16-18)15-11-22-21(26)23-20-9-13-25(14-10-20)17-19-7-3-2-4-8-19/h2-4,7-8,18,20H,5-6,9-17H2,1H3,(H2,22,23,26). The van der Waals surface area contributed by atoms with E-state index in [0.717, 1.165) is 51.5 Å². The van der Waals surface area contributed by atoms with Crippen LogP contribution in [-0.2, 0) is 6.54 Å². The van der Waals surface area contributed by atoms with Gasteiger partial charge in [-0.2, -0.15) is 0 Å². The van der Waals surface area contributed by atoms with Crippen molar-refractivity contribution in [2.24, 2.45) is 5.92 Å². The first-order chi connectivity index (χ1) is 12.7. The van der Waals surface area contributed by atoms with Crippen LogP contribution in [0.3, 0.4) is 0 Å². The lowest BCUT2D eigenvalue weighted by Crippen LogP contribution is -2.49. The van der Waals surface area contributed by atoms with Crippen molar-refractivity contribution in [1.82, 2.24) is 20.4 Å². The Morgan fingerprint density at radius 1 is 1.08 bits per heavy atom. The first-order valence-electron chi connectivity index (χ1n) is 10.2. The third-order valence-electron chi connectivity index (χ3n) is 5.63. The molecule has 1 atom stereocenters. The van der Waals surface area contributed by atoms with Crippen molar-refractivity contribution in [3.63, 3.8) is 0 Å². The third-order valence-corrected chi connectivity index (χ3v) is 5.63. The largest absolute Gasteiger partial charge is 0.337 e. The van der Waals surface area contributed by atoms with E-state index in [1.165, 1.54) is 31.5 Å². The van der Waals surface area contributed by atoms with Crippen molar-refractivity contribution in [1.29, 1.82) is 0 Å². The number of benzene rings is 1. The van der Waals surface area contributed by atoms with Gasteiger partial charge in [0.1, 0.15) is 0 Å². The van der Waals surface area contributed by atoms with Crippen LogP contribution in [0.25, 0.3) is 0 Å². The molecule has 1 aromatic carbocycles. The van der Waals surface area contributed by atoms with Crippen LogP contribution >= 0.6 is 0 Å². The van der Waals surface area contributed by atoms with Crippen molar-refractivity contribution < 1.29 is 4.79 Å². The van der Waals surface area contributed by atoms with E-state index >= 15 is 0 Å². The summed E-state index contributed by atoms with van der Waals surface area (Å²) in [6.07, 6.45) is 4.69. The van der Waals surface area contributed by atoms with E-state index in [0.29, 0.717) is 6.04 Å². The molecule has 2 N–H and O–H groups in total. The van der Waals surface area contributed by atoms with Crippen LogP contribution in [0, 0.1) is 5.92 Å². The molecule has 2 aliphatic rings. The Labute approximate surface area is 158 Å². The van der Waals surface area contributed by atoms with Crippen LogP contribution < -0.4 is 10.6 Å². The minimum atomic E-state index is -0.00318. The Bertz CT molecular complexity index is 542. The number of carbonyl (C=O) groups is 1. The molecule has 26 heavy (non-hydrogen) atoms. The fourth-order valence-electron chi connectivity index (χ4n) is 4.13. The molecule has 2 amide bonds. The summed E-state index contributed by atoms with van der Waals surface area (Å²) < 4.78 is 0. The monoisotopic (exact) mass is 358 g/mol. The van der Waals surface area contributed by atoms with Crippen molar-refractivity contribution in [2.75, 3.05) is 39.3 Å². The highest BCUT2D eigenvalue weighted by Gasteiger charge is 2.21. The zero-order valence-corrected chi connectivity index (χ0v) is 16.1. The van der Waals surface area contributed by atoms with E-state index in [-0.39, 0.29) is 6.03 Å². The Morgan fingerprint density at radius 2 is 1.85 bits per heavy atom. The summed E-state index contributed by atoms with van der Waals surface area (Å²) in [5, 5.41) is 6.19. The maximum Gasteiger partial charge on any atom is 0.315 e. The number of nitrogens with zero attached hydrogens (tertiary/aromatic N) is 2. The van der Waals surface area contributed by atoms with Crippen LogP contribution in [0.1, 0.15) is 38.2 Å². The van der Waals surface area contributed by atoms with Gasteiger partial charge in [-0.25, -0.2) is 4.79 Å². The van der Waals surface area contributed by atoms with Crippen molar-refractivity contribution in [3.05, 3.63) is 35.9 Å². The summed E-state index contributed by atoms with van der Waals surface area (Å²) in [5.41, 5.74) is 1.36. The molecule has 1 unspecified atom stereocenters. The molecule has 3 rings (SSSR count). The molecule has 5 nitrogen and oxygen atoms in total. The Morgan fingerprint density at radius 3 is 2.58 bits per heavy atom. The quantitative estimate of drug-likeness (QED) is 0.822. The van der Waals surface area contributed by atoms with E-state index in [1.807, 2.05) is 0 Å². The third kappa shape index (κ3) is 6.29. The second-order valence-corrected chi connectivity index (χ2v) is 7.98. The van der Waals surface area contributed by atoms with E-state index < -0.39 is 0 Å². The molecular weight excluding hydrogens is 324 g/mol. The lowest BCUT2D eigenvalue weighted by molar-refractivity contribution is 0.178. The molecule has 0 aromatic heterocycles. The second kappa shape index (κ2) is 9.93. The second-order valence-electron chi connectivity index (χ2n) is 7.98. The number of urea groups is 1. The number of likely N-dealkylation sites (tertiary alicyclic amines) is 2. The number of hydrogen-bond donors (Lipinski definition) is 2. The average molecular weight is 359 g/mol. The minimum absolute atomic E-state index is 0.00318. The smallest absolute Gasteiger partial charge is 0.315 e. The lowest BCUT2D eigenvalue weighted by Gasteiger charge is -2.32. The Hall–Kier alpha value is -1.59. The molecule has 0 bridgehead atoms. The molecule has 2 saturated heterocycles. The summed E-state index contributed by atoms with van der Waals surface area (Å²) in [4.78, 5) is 17.1. The first kappa shape index (κ1) is 19.2. The zero-order chi connectivity index (χ0) is 18.2. The van der Waals surface area contributed by atoms with Gasteiger partial charge in [-0.1, -0.05) is 37.3 Å². The van der Waals surface area contributed by atoms with Gasteiger partial charge in [0.25, 0.3) is 0 Å². The topological polar surface area (TPSA) is 47.6 Å². The fourth-order valence-corrected chi connectivity index (χ4v) is 4.13. The van der Waals surface area contributed by atoms with E-state index in [2.05, 4.69) is 57.7 Å².